The van der Waals surface area contributed by atoms with E-state index in [1.54, 1.807) is 0 Å². The van der Waals surface area contributed by atoms with Crippen molar-refractivity contribution < 1.29 is 4.74 Å². The minimum absolute atomic E-state index is 0.0272. The van der Waals surface area contributed by atoms with Crippen LogP contribution in [0.3, 0.4) is 0 Å². The van der Waals surface area contributed by atoms with E-state index in [1.165, 1.54) is 0 Å². The molecule has 0 heterocycles. The van der Waals surface area contributed by atoms with Gasteiger partial charge < -0.3 is 4.74 Å². The Morgan fingerprint density at radius 1 is 0.769 bits per heavy atom. The molecule has 0 amide bonds. The third-order valence-corrected chi connectivity index (χ3v) is 4.69. The Morgan fingerprint density at radius 3 is 1.46 bits per heavy atom. The fourth-order valence-electron chi connectivity index (χ4n) is 3.37. The molecule has 0 aromatic heterocycles. The molecular formula is C25H24O. The van der Waals surface area contributed by atoms with Gasteiger partial charge in [0.2, 0.25) is 0 Å². The van der Waals surface area contributed by atoms with E-state index >= 15 is 0 Å². The minimum Gasteiger partial charge on any atom is -0.357 e. The first-order valence-electron chi connectivity index (χ1n) is 9.09. The Bertz CT molecular complexity index is 735. The number of hydrogen-bond acceptors (Lipinski definition) is 1. The molecule has 26 heavy (non-hydrogen) atoms. The molecule has 0 aliphatic heterocycles. The Morgan fingerprint density at radius 2 is 1.15 bits per heavy atom. The van der Waals surface area contributed by atoms with Gasteiger partial charge in [-0.2, -0.15) is 0 Å². The summed E-state index contributed by atoms with van der Waals surface area (Å²) in [7, 11) is 0. The van der Waals surface area contributed by atoms with Crippen molar-refractivity contribution in [2.24, 2.45) is 0 Å². The molecule has 0 aliphatic carbocycles. The number of rotatable bonds is 7. The van der Waals surface area contributed by atoms with Crippen molar-refractivity contribution in [2.75, 3.05) is 0 Å². The Hall–Kier alpha value is -2.82. The Kier molecular flexibility index (Phi) is 5.89. The molecule has 0 N–H and O–H groups in total. The van der Waals surface area contributed by atoms with Crippen LogP contribution in [0.4, 0.5) is 0 Å². The lowest BCUT2D eigenvalue weighted by Crippen LogP contribution is -2.36. The predicted octanol–water partition coefficient (Wildman–Crippen LogP) is 5.80. The summed E-state index contributed by atoms with van der Waals surface area (Å²) >= 11 is 0. The highest BCUT2D eigenvalue weighted by Gasteiger charge is 2.39. The zero-order valence-corrected chi connectivity index (χ0v) is 15.1. The Balaban J connectivity index is 2.26. The third kappa shape index (κ3) is 3.57. The maximum absolute atomic E-state index is 6.84. The van der Waals surface area contributed by atoms with Crippen LogP contribution in [0.25, 0.3) is 0 Å². The predicted molar refractivity (Wildman–Crippen MR) is 108 cm³/mol. The average molecular weight is 340 g/mol. The summed E-state index contributed by atoms with van der Waals surface area (Å²) in [6.45, 7) is 2.12. The molecule has 0 fully saturated rings. The summed E-state index contributed by atoms with van der Waals surface area (Å²) < 4.78 is 6.84. The monoisotopic (exact) mass is 340 g/mol. The lowest BCUT2D eigenvalue weighted by atomic mass is 9.79. The van der Waals surface area contributed by atoms with Gasteiger partial charge in [-0.25, -0.2) is 0 Å². The normalized spacial score (nSPS) is 12.3. The molecule has 0 aliphatic rings. The van der Waals surface area contributed by atoms with Crippen molar-refractivity contribution in [3.63, 3.8) is 0 Å². The van der Waals surface area contributed by atoms with Crippen molar-refractivity contribution in [1.82, 2.24) is 0 Å². The zero-order valence-electron chi connectivity index (χ0n) is 15.1. The van der Waals surface area contributed by atoms with E-state index in [0.717, 1.165) is 23.1 Å². The standard InChI is InChI=1S/C25H24O/c1-3-14-24(4-2)26-25(21-15-8-5-9-16-21,22-17-10-6-11-18-22)23-19-12-7-13-20-23/h1,5-13,15-20,24H,4,14H2,2H3. The molecule has 1 atom stereocenters. The molecule has 3 aromatic carbocycles. The van der Waals surface area contributed by atoms with E-state index in [2.05, 4.69) is 85.6 Å². The molecule has 3 aromatic rings. The van der Waals surface area contributed by atoms with Gasteiger partial charge in [-0.05, 0) is 23.1 Å². The lowest BCUT2D eigenvalue weighted by Gasteiger charge is -2.38. The maximum Gasteiger partial charge on any atom is 0.144 e. The second-order valence-electron chi connectivity index (χ2n) is 6.34. The largest absolute Gasteiger partial charge is 0.357 e. The topological polar surface area (TPSA) is 9.23 Å². The molecule has 0 saturated heterocycles. The van der Waals surface area contributed by atoms with Gasteiger partial charge in [0, 0.05) is 6.42 Å². The summed E-state index contributed by atoms with van der Waals surface area (Å²) in [5.41, 5.74) is 2.62. The molecule has 1 nitrogen and oxygen atoms in total. The van der Waals surface area contributed by atoms with E-state index in [0.29, 0.717) is 6.42 Å². The van der Waals surface area contributed by atoms with Crippen LogP contribution in [-0.4, -0.2) is 6.10 Å². The summed E-state index contributed by atoms with van der Waals surface area (Å²) in [6.07, 6.45) is 7.03. The molecule has 3 rings (SSSR count). The zero-order chi connectivity index (χ0) is 18.2. The van der Waals surface area contributed by atoms with Crippen molar-refractivity contribution in [1.29, 1.82) is 0 Å². The van der Waals surface area contributed by atoms with Crippen LogP contribution in [0.2, 0.25) is 0 Å². The van der Waals surface area contributed by atoms with E-state index < -0.39 is 5.60 Å². The lowest BCUT2D eigenvalue weighted by molar-refractivity contribution is -0.0462. The highest BCUT2D eigenvalue weighted by molar-refractivity contribution is 5.47. The Labute approximate surface area is 156 Å². The second kappa shape index (κ2) is 8.52. The quantitative estimate of drug-likeness (QED) is 0.390. The molecule has 0 spiro atoms. The van der Waals surface area contributed by atoms with Gasteiger partial charge in [0.05, 0.1) is 6.10 Å². The van der Waals surface area contributed by atoms with Gasteiger partial charge in [0.25, 0.3) is 0 Å². The smallest absolute Gasteiger partial charge is 0.144 e. The number of hydrogen-bond donors (Lipinski definition) is 0. The first-order chi connectivity index (χ1) is 12.8. The van der Waals surface area contributed by atoms with Crippen LogP contribution >= 0.6 is 0 Å². The number of terminal acetylenes is 1. The molecule has 1 heteroatoms. The van der Waals surface area contributed by atoms with Gasteiger partial charge in [0.1, 0.15) is 5.60 Å². The van der Waals surface area contributed by atoms with Crippen molar-refractivity contribution >= 4 is 0 Å². The van der Waals surface area contributed by atoms with Crippen molar-refractivity contribution in [3.05, 3.63) is 108 Å². The highest BCUT2D eigenvalue weighted by atomic mass is 16.5. The van der Waals surface area contributed by atoms with E-state index in [1.807, 2.05) is 18.2 Å². The van der Waals surface area contributed by atoms with Crippen LogP contribution in [0.15, 0.2) is 91.0 Å². The van der Waals surface area contributed by atoms with Crippen LogP contribution in [0.1, 0.15) is 36.5 Å². The molecule has 0 radical (unpaired) electrons. The van der Waals surface area contributed by atoms with Crippen LogP contribution in [-0.2, 0) is 10.3 Å². The molecular weight excluding hydrogens is 316 g/mol. The number of benzene rings is 3. The summed E-state index contributed by atoms with van der Waals surface area (Å²) in [5, 5.41) is 0. The van der Waals surface area contributed by atoms with E-state index in [-0.39, 0.29) is 6.10 Å². The van der Waals surface area contributed by atoms with Crippen LogP contribution in [0, 0.1) is 12.3 Å². The van der Waals surface area contributed by atoms with E-state index in [9.17, 15) is 0 Å². The molecule has 0 bridgehead atoms. The van der Waals surface area contributed by atoms with Gasteiger partial charge in [-0.15, -0.1) is 12.3 Å². The fourth-order valence-corrected chi connectivity index (χ4v) is 3.37. The summed E-state index contributed by atoms with van der Waals surface area (Å²) in [6, 6.07) is 31.2. The number of ether oxygens (including phenoxy) is 1. The average Bonchev–Trinajstić information content (AvgIpc) is 2.73. The molecule has 130 valence electrons. The third-order valence-electron chi connectivity index (χ3n) is 4.69. The van der Waals surface area contributed by atoms with Gasteiger partial charge >= 0.3 is 0 Å². The first-order valence-corrected chi connectivity index (χ1v) is 9.09. The van der Waals surface area contributed by atoms with Gasteiger partial charge in [-0.3, -0.25) is 0 Å². The fraction of sp³-hybridized carbons (Fsp3) is 0.200. The summed E-state index contributed by atoms with van der Waals surface area (Å²) in [5.74, 6) is 2.77. The maximum atomic E-state index is 6.84. The molecule has 0 saturated carbocycles. The van der Waals surface area contributed by atoms with Crippen molar-refractivity contribution in [2.45, 2.75) is 31.5 Å². The SMILES string of the molecule is C#CCC(CC)OC(c1ccccc1)(c1ccccc1)c1ccccc1. The molecule has 1 unspecified atom stereocenters. The highest BCUT2D eigenvalue weighted by Crippen LogP contribution is 2.41. The second-order valence-corrected chi connectivity index (χ2v) is 6.34. The van der Waals surface area contributed by atoms with Crippen molar-refractivity contribution in [3.8, 4) is 12.3 Å². The minimum atomic E-state index is -0.693. The first kappa shape index (κ1) is 18.0. The van der Waals surface area contributed by atoms with Crippen LogP contribution < -0.4 is 0 Å². The van der Waals surface area contributed by atoms with Gasteiger partial charge in [0.15, 0.2) is 0 Å². The van der Waals surface area contributed by atoms with Gasteiger partial charge in [-0.1, -0.05) is 97.9 Å². The van der Waals surface area contributed by atoms with Crippen LogP contribution in [0.5, 0.6) is 0 Å². The van der Waals surface area contributed by atoms with E-state index in [4.69, 9.17) is 11.2 Å². The summed E-state index contributed by atoms with van der Waals surface area (Å²) in [4.78, 5) is 0.